The lowest BCUT2D eigenvalue weighted by atomic mass is 10.0. The maximum atomic E-state index is 10.9. The van der Waals surface area contributed by atoms with Gasteiger partial charge in [-0.1, -0.05) is 5.16 Å². The Balaban J connectivity index is 2.83. The number of aromatic nitrogens is 2. The first-order valence-electron chi connectivity index (χ1n) is 4.89. The van der Waals surface area contributed by atoms with Gasteiger partial charge in [0.2, 0.25) is 17.5 Å². The smallest absolute Gasteiger partial charge is 0.333 e. The Bertz CT molecular complexity index is 715. The molecule has 0 fully saturated rings. The van der Waals surface area contributed by atoms with Gasteiger partial charge >= 0.3 is 5.69 Å². The summed E-state index contributed by atoms with van der Waals surface area (Å²) < 4.78 is 4.70. The average Bonchev–Trinajstić information content (AvgIpc) is 2.77. The molecule has 0 saturated heterocycles. The van der Waals surface area contributed by atoms with Crippen molar-refractivity contribution in [2.24, 2.45) is 0 Å². The predicted octanol–water partition coefficient (Wildman–Crippen LogP) is 1.24. The maximum absolute atomic E-state index is 10.9. The monoisotopic (exact) mass is 262 g/mol. The molecule has 0 spiro atoms. The maximum Gasteiger partial charge on any atom is 0.333 e. The number of nitrogens with zero attached hydrogens (tertiary/aromatic N) is 4. The second-order valence-corrected chi connectivity index (χ2v) is 3.52. The molecule has 9 nitrogen and oxygen atoms in total. The van der Waals surface area contributed by atoms with Crippen LogP contribution >= 0.6 is 0 Å². The minimum atomic E-state index is -0.981. The first-order valence-corrected chi connectivity index (χ1v) is 4.89. The summed E-state index contributed by atoms with van der Waals surface area (Å²) >= 11 is 0. The van der Waals surface area contributed by atoms with Crippen molar-refractivity contribution in [3.63, 3.8) is 0 Å². The van der Waals surface area contributed by atoms with Crippen LogP contribution in [-0.4, -0.2) is 25.3 Å². The van der Waals surface area contributed by atoms with Crippen molar-refractivity contribution in [1.29, 1.82) is 5.26 Å². The summed E-state index contributed by atoms with van der Waals surface area (Å²) in [6.07, 6.45) is 0. The molecule has 0 saturated carbocycles. The normalized spacial score (nSPS) is 10.1. The van der Waals surface area contributed by atoms with E-state index in [0.717, 1.165) is 6.07 Å². The van der Waals surface area contributed by atoms with Gasteiger partial charge in [0.1, 0.15) is 11.6 Å². The minimum Gasteiger partial charge on any atom is -0.504 e. The second kappa shape index (κ2) is 4.26. The van der Waals surface area contributed by atoms with Crippen LogP contribution in [0.1, 0.15) is 11.5 Å². The van der Waals surface area contributed by atoms with Crippen LogP contribution in [0, 0.1) is 28.4 Å². The van der Waals surface area contributed by atoms with Crippen molar-refractivity contribution in [2.45, 2.75) is 6.92 Å². The quantitative estimate of drug-likeness (QED) is 0.466. The summed E-state index contributed by atoms with van der Waals surface area (Å²) in [5, 5.41) is 42.3. The molecule has 9 heteroatoms. The molecule has 1 heterocycles. The van der Waals surface area contributed by atoms with Crippen LogP contribution in [0.4, 0.5) is 5.69 Å². The van der Waals surface area contributed by atoms with E-state index in [2.05, 4.69) is 10.1 Å². The molecule has 19 heavy (non-hydrogen) atoms. The molecular formula is C10H6N4O5. The number of hydrogen-bond acceptors (Lipinski definition) is 8. The number of aromatic hydroxyl groups is 2. The van der Waals surface area contributed by atoms with Crippen LogP contribution in [-0.2, 0) is 0 Å². The first kappa shape index (κ1) is 12.3. The summed E-state index contributed by atoms with van der Waals surface area (Å²) in [4.78, 5) is 13.7. The Morgan fingerprint density at radius 2 is 2.21 bits per heavy atom. The molecule has 0 amide bonds. The lowest BCUT2D eigenvalue weighted by molar-refractivity contribution is -0.386. The van der Waals surface area contributed by atoms with E-state index in [4.69, 9.17) is 9.78 Å². The molecule has 0 aliphatic carbocycles. The van der Waals surface area contributed by atoms with Gasteiger partial charge in [0, 0.05) is 6.92 Å². The number of hydrogen-bond donors (Lipinski definition) is 2. The number of aryl methyl sites for hydroxylation is 1. The zero-order chi connectivity index (χ0) is 14.2. The number of nitro groups is 1. The number of nitriles is 1. The Hall–Kier alpha value is -3.15. The molecule has 1 aromatic carbocycles. The molecular weight excluding hydrogens is 256 g/mol. The molecule has 2 N–H and O–H groups in total. The average molecular weight is 262 g/mol. The van der Waals surface area contributed by atoms with E-state index < -0.39 is 27.7 Å². The molecule has 0 radical (unpaired) electrons. The SMILES string of the molecule is Cc1nc(-c2cc(O)c(O)c([N+](=O)[O-])c2C#N)no1. The van der Waals surface area contributed by atoms with E-state index in [1.165, 1.54) is 6.92 Å². The van der Waals surface area contributed by atoms with Gasteiger partial charge in [-0.2, -0.15) is 10.2 Å². The van der Waals surface area contributed by atoms with Gasteiger partial charge in [-0.25, -0.2) is 0 Å². The highest BCUT2D eigenvalue weighted by atomic mass is 16.6. The lowest BCUT2D eigenvalue weighted by Gasteiger charge is -2.04. The van der Waals surface area contributed by atoms with Gasteiger partial charge in [-0.15, -0.1) is 0 Å². The fourth-order valence-corrected chi connectivity index (χ4v) is 1.52. The van der Waals surface area contributed by atoms with Gasteiger partial charge in [0.25, 0.3) is 0 Å². The van der Waals surface area contributed by atoms with Crippen molar-refractivity contribution in [3.05, 3.63) is 27.6 Å². The largest absolute Gasteiger partial charge is 0.504 e. The van der Waals surface area contributed by atoms with Crippen molar-refractivity contribution in [3.8, 4) is 29.0 Å². The fraction of sp³-hybridized carbons (Fsp3) is 0.100. The zero-order valence-electron chi connectivity index (χ0n) is 9.49. The Labute approximate surface area is 105 Å². The van der Waals surface area contributed by atoms with Gasteiger partial charge in [-0.3, -0.25) is 10.1 Å². The highest BCUT2D eigenvalue weighted by Gasteiger charge is 2.29. The van der Waals surface area contributed by atoms with Crippen LogP contribution in [0.25, 0.3) is 11.4 Å². The molecule has 2 aromatic rings. The topological polar surface area (TPSA) is 146 Å². The Morgan fingerprint density at radius 1 is 1.53 bits per heavy atom. The van der Waals surface area contributed by atoms with E-state index in [-0.39, 0.29) is 17.3 Å². The van der Waals surface area contributed by atoms with Crippen LogP contribution in [0.3, 0.4) is 0 Å². The standard InChI is InChI=1S/C10H6N4O5/c1-4-12-10(13-19-4)5-2-7(15)9(16)8(14(17)18)6(5)3-11/h2,15-16H,1H3. The summed E-state index contributed by atoms with van der Waals surface area (Å²) in [6.45, 7) is 1.50. The summed E-state index contributed by atoms with van der Waals surface area (Å²) in [6, 6.07) is 2.55. The van der Waals surface area contributed by atoms with Crippen molar-refractivity contribution in [2.75, 3.05) is 0 Å². The molecule has 96 valence electrons. The third-order valence-corrected chi connectivity index (χ3v) is 2.32. The molecule has 0 aliphatic heterocycles. The van der Waals surface area contributed by atoms with E-state index in [1.807, 2.05) is 0 Å². The Kier molecular flexibility index (Phi) is 2.76. The Morgan fingerprint density at radius 3 is 2.68 bits per heavy atom. The van der Waals surface area contributed by atoms with Crippen molar-refractivity contribution in [1.82, 2.24) is 10.1 Å². The van der Waals surface area contributed by atoms with Gasteiger partial charge < -0.3 is 14.7 Å². The van der Waals surface area contributed by atoms with Gasteiger partial charge in [0.05, 0.1) is 10.5 Å². The zero-order valence-corrected chi connectivity index (χ0v) is 9.49. The number of rotatable bonds is 2. The van der Waals surface area contributed by atoms with Crippen LogP contribution in [0.2, 0.25) is 0 Å². The highest BCUT2D eigenvalue weighted by Crippen LogP contribution is 2.42. The van der Waals surface area contributed by atoms with Gasteiger partial charge in [0.15, 0.2) is 5.75 Å². The number of benzene rings is 1. The molecule has 0 bridgehead atoms. The summed E-state index contributed by atoms with van der Waals surface area (Å²) in [5.74, 6) is -1.63. The van der Waals surface area contributed by atoms with E-state index in [0.29, 0.717) is 0 Å². The fourth-order valence-electron chi connectivity index (χ4n) is 1.52. The van der Waals surface area contributed by atoms with Crippen LogP contribution < -0.4 is 0 Å². The molecule has 2 rings (SSSR count). The predicted molar refractivity (Wildman–Crippen MR) is 59.2 cm³/mol. The molecule has 0 aliphatic rings. The number of phenols is 2. The van der Waals surface area contributed by atoms with E-state index in [9.17, 15) is 20.3 Å². The molecule has 0 atom stereocenters. The van der Waals surface area contributed by atoms with Crippen LogP contribution in [0.5, 0.6) is 11.5 Å². The summed E-state index contributed by atoms with van der Waals surface area (Å²) in [5.41, 5.74) is -1.46. The van der Waals surface area contributed by atoms with Crippen molar-refractivity contribution < 1.29 is 19.7 Å². The lowest BCUT2D eigenvalue weighted by Crippen LogP contribution is -1.97. The van der Waals surface area contributed by atoms with Crippen molar-refractivity contribution >= 4 is 5.69 Å². The third kappa shape index (κ3) is 1.91. The number of phenolic OH excluding ortho intramolecular Hbond substituents is 2. The van der Waals surface area contributed by atoms with Gasteiger partial charge in [-0.05, 0) is 6.07 Å². The highest BCUT2D eigenvalue weighted by molar-refractivity contribution is 5.77. The van der Waals surface area contributed by atoms with Crippen LogP contribution in [0.15, 0.2) is 10.6 Å². The molecule has 1 aromatic heterocycles. The summed E-state index contributed by atoms with van der Waals surface area (Å²) in [7, 11) is 0. The second-order valence-electron chi connectivity index (χ2n) is 3.52. The first-order chi connectivity index (χ1) is 8.95. The van der Waals surface area contributed by atoms with E-state index in [1.54, 1.807) is 6.07 Å². The third-order valence-electron chi connectivity index (χ3n) is 2.32. The molecule has 0 unspecified atom stereocenters. The minimum absolute atomic E-state index is 0.0903. The van der Waals surface area contributed by atoms with E-state index >= 15 is 0 Å². The number of nitro benzene ring substituents is 1.